The number of benzene rings is 1. The summed E-state index contributed by atoms with van der Waals surface area (Å²) in [6, 6.07) is 3.23. The Morgan fingerprint density at radius 1 is 1.40 bits per heavy atom. The SMILES string of the molecule is Cc1ncc(CNS(=O)(=O)c2cc(Br)cc(N)c2C)s1. The van der Waals surface area contributed by atoms with E-state index in [-0.39, 0.29) is 11.4 Å². The molecule has 3 N–H and O–H groups in total. The highest BCUT2D eigenvalue weighted by atomic mass is 79.9. The fraction of sp³-hybridized carbons (Fsp3) is 0.250. The van der Waals surface area contributed by atoms with Crippen molar-refractivity contribution in [3.63, 3.8) is 0 Å². The number of nitrogens with zero attached hydrogens (tertiary/aromatic N) is 1. The first-order valence-electron chi connectivity index (χ1n) is 5.76. The van der Waals surface area contributed by atoms with Gasteiger partial charge in [-0.1, -0.05) is 15.9 Å². The molecule has 1 heterocycles. The number of hydrogen-bond acceptors (Lipinski definition) is 5. The van der Waals surface area contributed by atoms with E-state index in [1.54, 1.807) is 25.3 Å². The lowest BCUT2D eigenvalue weighted by molar-refractivity contribution is 0.581. The van der Waals surface area contributed by atoms with Crippen LogP contribution in [0.3, 0.4) is 0 Å². The Bertz CT molecular complexity index is 741. The lowest BCUT2D eigenvalue weighted by Gasteiger charge is -2.11. The summed E-state index contributed by atoms with van der Waals surface area (Å²) in [4.78, 5) is 5.15. The minimum Gasteiger partial charge on any atom is -0.398 e. The number of halogens is 1. The molecule has 0 saturated heterocycles. The normalized spacial score (nSPS) is 11.8. The monoisotopic (exact) mass is 375 g/mol. The van der Waals surface area contributed by atoms with Gasteiger partial charge in [-0.3, -0.25) is 0 Å². The molecule has 0 aliphatic heterocycles. The standard InChI is InChI=1S/C12H14BrN3O2S2/c1-7-11(14)3-9(13)4-12(7)20(17,18)16-6-10-5-15-8(2)19-10/h3-5,16H,6,14H2,1-2H3. The first kappa shape index (κ1) is 15.4. The molecule has 0 aliphatic carbocycles. The minimum atomic E-state index is -3.61. The Balaban J connectivity index is 2.27. The van der Waals surface area contributed by atoms with Gasteiger partial charge in [-0.2, -0.15) is 0 Å². The van der Waals surface area contributed by atoms with Crippen molar-refractivity contribution in [1.82, 2.24) is 9.71 Å². The van der Waals surface area contributed by atoms with Gasteiger partial charge in [0.05, 0.1) is 9.90 Å². The van der Waals surface area contributed by atoms with Crippen LogP contribution in [0.4, 0.5) is 5.69 Å². The third-order valence-corrected chi connectivity index (χ3v) is 5.66. The molecule has 0 spiro atoms. The van der Waals surface area contributed by atoms with Crippen LogP contribution < -0.4 is 10.5 Å². The van der Waals surface area contributed by atoms with Gasteiger partial charge in [0.15, 0.2) is 0 Å². The van der Waals surface area contributed by atoms with Gasteiger partial charge in [-0.15, -0.1) is 11.3 Å². The summed E-state index contributed by atoms with van der Waals surface area (Å²) in [5, 5.41) is 0.905. The van der Waals surface area contributed by atoms with Crippen molar-refractivity contribution >= 4 is 43.0 Å². The summed E-state index contributed by atoms with van der Waals surface area (Å²) < 4.78 is 27.9. The van der Waals surface area contributed by atoms with E-state index in [1.165, 1.54) is 11.3 Å². The van der Waals surface area contributed by atoms with Crippen LogP contribution in [0.5, 0.6) is 0 Å². The minimum absolute atomic E-state index is 0.186. The second-order valence-corrected chi connectivity index (χ2v) is 8.26. The number of nitrogens with one attached hydrogen (secondary N) is 1. The largest absolute Gasteiger partial charge is 0.398 e. The van der Waals surface area contributed by atoms with E-state index in [0.29, 0.717) is 15.7 Å². The van der Waals surface area contributed by atoms with E-state index >= 15 is 0 Å². The summed E-state index contributed by atoms with van der Waals surface area (Å²) in [6.07, 6.45) is 1.67. The zero-order valence-electron chi connectivity index (χ0n) is 11.0. The fourth-order valence-electron chi connectivity index (χ4n) is 1.68. The van der Waals surface area contributed by atoms with Crippen molar-refractivity contribution in [2.45, 2.75) is 25.3 Å². The molecule has 108 valence electrons. The van der Waals surface area contributed by atoms with Crippen LogP contribution in [0.25, 0.3) is 0 Å². The number of aromatic nitrogens is 1. The number of nitrogen functional groups attached to an aromatic ring is 1. The number of hydrogen-bond donors (Lipinski definition) is 2. The highest BCUT2D eigenvalue weighted by molar-refractivity contribution is 9.10. The van der Waals surface area contributed by atoms with E-state index in [4.69, 9.17) is 5.73 Å². The van der Waals surface area contributed by atoms with Crippen LogP contribution in [0.2, 0.25) is 0 Å². The maximum absolute atomic E-state index is 12.3. The van der Waals surface area contributed by atoms with Crippen LogP contribution in [-0.2, 0) is 16.6 Å². The molecular weight excluding hydrogens is 362 g/mol. The van der Waals surface area contributed by atoms with Crippen LogP contribution >= 0.6 is 27.3 Å². The van der Waals surface area contributed by atoms with Crippen molar-refractivity contribution in [2.75, 3.05) is 5.73 Å². The highest BCUT2D eigenvalue weighted by Crippen LogP contribution is 2.26. The molecular formula is C12H14BrN3O2S2. The van der Waals surface area contributed by atoms with E-state index in [1.807, 2.05) is 6.92 Å². The fourth-order valence-corrected chi connectivity index (χ4v) is 4.44. The molecule has 0 atom stereocenters. The van der Waals surface area contributed by atoms with Gasteiger partial charge in [0, 0.05) is 27.8 Å². The lowest BCUT2D eigenvalue weighted by Crippen LogP contribution is -2.24. The third kappa shape index (κ3) is 3.38. The van der Waals surface area contributed by atoms with E-state index in [0.717, 1.165) is 9.88 Å². The highest BCUT2D eigenvalue weighted by Gasteiger charge is 2.19. The topological polar surface area (TPSA) is 85.1 Å². The quantitative estimate of drug-likeness (QED) is 0.804. The summed E-state index contributed by atoms with van der Waals surface area (Å²) in [5.41, 5.74) is 6.78. The number of thiazole rings is 1. The smallest absolute Gasteiger partial charge is 0.241 e. The molecule has 5 nitrogen and oxygen atoms in total. The zero-order valence-corrected chi connectivity index (χ0v) is 14.2. The molecule has 1 aromatic heterocycles. The predicted octanol–water partition coefficient (Wildman–Crippen LogP) is 2.58. The van der Waals surface area contributed by atoms with Crippen molar-refractivity contribution in [3.05, 3.63) is 38.3 Å². The van der Waals surface area contributed by atoms with Crippen LogP contribution in [-0.4, -0.2) is 13.4 Å². The predicted molar refractivity (Wildman–Crippen MR) is 84.2 cm³/mol. The molecule has 0 amide bonds. The Kier molecular flexibility index (Phi) is 4.48. The molecule has 8 heteroatoms. The van der Waals surface area contributed by atoms with Gasteiger partial charge in [0.1, 0.15) is 0 Å². The van der Waals surface area contributed by atoms with Gasteiger partial charge >= 0.3 is 0 Å². The number of aryl methyl sites for hydroxylation is 1. The Hall–Kier alpha value is -0.960. The molecule has 2 aromatic rings. The van der Waals surface area contributed by atoms with Crippen molar-refractivity contribution < 1.29 is 8.42 Å². The summed E-state index contributed by atoms with van der Waals surface area (Å²) >= 11 is 4.72. The van der Waals surface area contributed by atoms with Gasteiger partial charge < -0.3 is 5.73 Å². The van der Waals surface area contributed by atoms with Gasteiger partial charge in [-0.25, -0.2) is 18.1 Å². The van der Waals surface area contributed by atoms with Crippen LogP contribution in [0.1, 0.15) is 15.4 Å². The second-order valence-electron chi connectivity index (χ2n) is 4.29. The van der Waals surface area contributed by atoms with Crippen LogP contribution in [0.15, 0.2) is 27.7 Å². The lowest BCUT2D eigenvalue weighted by atomic mass is 10.2. The van der Waals surface area contributed by atoms with E-state index < -0.39 is 10.0 Å². The van der Waals surface area contributed by atoms with Crippen LogP contribution in [0, 0.1) is 13.8 Å². The first-order valence-corrected chi connectivity index (χ1v) is 8.85. The molecule has 0 bridgehead atoms. The number of nitrogens with two attached hydrogens (primary N) is 1. The molecule has 20 heavy (non-hydrogen) atoms. The third-order valence-electron chi connectivity index (χ3n) is 2.76. The summed E-state index contributed by atoms with van der Waals surface area (Å²) in [6.45, 7) is 3.79. The van der Waals surface area contributed by atoms with Crippen molar-refractivity contribution in [2.24, 2.45) is 0 Å². The Morgan fingerprint density at radius 2 is 2.10 bits per heavy atom. The van der Waals surface area contributed by atoms with Gasteiger partial charge in [0.2, 0.25) is 10.0 Å². The van der Waals surface area contributed by atoms with Gasteiger partial charge in [-0.05, 0) is 31.5 Å². The zero-order chi connectivity index (χ0) is 14.9. The molecule has 0 radical (unpaired) electrons. The maximum Gasteiger partial charge on any atom is 0.241 e. The average Bonchev–Trinajstić information content (AvgIpc) is 2.77. The molecule has 0 aliphatic rings. The Labute approximate surface area is 130 Å². The maximum atomic E-state index is 12.3. The summed E-state index contributed by atoms with van der Waals surface area (Å²) in [5.74, 6) is 0. The molecule has 0 fully saturated rings. The Morgan fingerprint density at radius 3 is 2.70 bits per heavy atom. The first-order chi connectivity index (χ1) is 9.29. The summed E-state index contributed by atoms with van der Waals surface area (Å²) in [7, 11) is -3.61. The second kappa shape index (κ2) is 5.80. The number of anilines is 1. The number of rotatable bonds is 4. The number of sulfonamides is 1. The molecule has 0 saturated carbocycles. The molecule has 2 rings (SSSR count). The van der Waals surface area contributed by atoms with Gasteiger partial charge in [0.25, 0.3) is 0 Å². The molecule has 0 unspecified atom stereocenters. The average molecular weight is 376 g/mol. The molecule has 1 aromatic carbocycles. The van der Waals surface area contributed by atoms with Crippen molar-refractivity contribution in [1.29, 1.82) is 0 Å². The van der Waals surface area contributed by atoms with E-state index in [9.17, 15) is 8.42 Å². The van der Waals surface area contributed by atoms with E-state index in [2.05, 4.69) is 25.6 Å². The van der Waals surface area contributed by atoms with Crippen molar-refractivity contribution in [3.8, 4) is 0 Å².